The molecule has 40 heavy (non-hydrogen) atoms. The number of unbranched alkanes of at least 4 members (excludes halogenated alkanes) is 5. The van der Waals surface area contributed by atoms with Crippen LogP contribution in [-0.4, -0.2) is 33.1 Å². The molecule has 0 radical (unpaired) electrons. The summed E-state index contributed by atoms with van der Waals surface area (Å²) in [6.45, 7) is 0.646. The van der Waals surface area contributed by atoms with Gasteiger partial charge in [0, 0.05) is 11.6 Å². The smallest absolute Gasteiger partial charge is 0.255 e. The van der Waals surface area contributed by atoms with E-state index in [4.69, 9.17) is 9.15 Å². The summed E-state index contributed by atoms with van der Waals surface area (Å²) < 4.78 is 11.7. The summed E-state index contributed by atoms with van der Waals surface area (Å²) in [5.41, 5.74) is 2.19. The highest BCUT2D eigenvalue weighted by Gasteiger charge is 2.15. The van der Waals surface area contributed by atoms with Gasteiger partial charge in [0.25, 0.3) is 5.91 Å². The fraction of sp³-hybridized carbons (Fsp3) is 0.258. The van der Waals surface area contributed by atoms with Crippen LogP contribution in [0.2, 0.25) is 0 Å². The number of aromatic nitrogens is 4. The monoisotopic (exact) mass is 537 g/mol. The lowest BCUT2D eigenvalue weighted by Crippen LogP contribution is -2.13. The molecule has 5 aromatic rings. The molecule has 2 heterocycles. The van der Waals surface area contributed by atoms with Crippen LogP contribution in [0, 0.1) is 0 Å². The molecule has 9 heteroatoms. The SMILES string of the molecule is O=C(Nc1cccc2c(=O)cc(-c3nn[nH]n3)oc12)c1ccc(OCCCCCCCCc2ccccc2)cc1. The van der Waals surface area contributed by atoms with E-state index in [9.17, 15) is 9.59 Å². The fourth-order valence-corrected chi connectivity index (χ4v) is 4.52. The van der Waals surface area contributed by atoms with Crippen molar-refractivity contribution in [3.63, 3.8) is 0 Å². The Balaban J connectivity index is 1.08. The Hall–Kier alpha value is -4.79. The molecule has 204 valence electrons. The number of amides is 1. The van der Waals surface area contributed by atoms with Gasteiger partial charge in [-0.1, -0.05) is 62.1 Å². The van der Waals surface area contributed by atoms with Gasteiger partial charge in [-0.15, -0.1) is 10.2 Å². The lowest BCUT2D eigenvalue weighted by Gasteiger charge is -2.10. The van der Waals surface area contributed by atoms with Gasteiger partial charge < -0.3 is 14.5 Å². The highest BCUT2D eigenvalue weighted by atomic mass is 16.5. The Labute approximate surface area is 231 Å². The van der Waals surface area contributed by atoms with Crippen LogP contribution in [0.25, 0.3) is 22.6 Å². The number of aromatic amines is 1. The summed E-state index contributed by atoms with van der Waals surface area (Å²) in [6, 6.07) is 23.9. The molecule has 0 unspecified atom stereocenters. The third-order valence-corrected chi connectivity index (χ3v) is 6.66. The van der Waals surface area contributed by atoms with Crippen molar-refractivity contribution in [3.8, 4) is 17.3 Å². The molecule has 5 rings (SSSR count). The number of fused-ring (bicyclic) bond motifs is 1. The van der Waals surface area contributed by atoms with Gasteiger partial charge >= 0.3 is 0 Å². The zero-order valence-electron chi connectivity index (χ0n) is 22.1. The molecule has 1 amide bonds. The summed E-state index contributed by atoms with van der Waals surface area (Å²) in [6.07, 6.45) is 8.23. The number of nitrogens with zero attached hydrogens (tertiary/aromatic N) is 3. The number of nitrogens with one attached hydrogen (secondary N) is 2. The van der Waals surface area contributed by atoms with E-state index in [-0.39, 0.29) is 28.5 Å². The van der Waals surface area contributed by atoms with Crippen molar-refractivity contribution in [2.24, 2.45) is 0 Å². The van der Waals surface area contributed by atoms with Crippen LogP contribution in [0.15, 0.2) is 88.1 Å². The van der Waals surface area contributed by atoms with Crippen molar-refractivity contribution in [1.82, 2.24) is 20.6 Å². The standard InChI is InChI=1S/C31H31N5O4/c37-27-21-28(30-33-35-36-34-30)40-29-25(27)14-10-15-26(29)32-31(38)23-16-18-24(19-17-23)39-20-9-4-2-1-3-6-11-22-12-7-5-8-13-22/h5,7-8,10,12-19,21H,1-4,6,9,11,20H2,(H,32,38)(H,33,34,35,36). The number of para-hydroxylation sites is 1. The van der Waals surface area contributed by atoms with Crippen LogP contribution >= 0.6 is 0 Å². The summed E-state index contributed by atoms with van der Waals surface area (Å²) >= 11 is 0. The van der Waals surface area contributed by atoms with Crippen molar-refractivity contribution in [2.75, 3.05) is 11.9 Å². The van der Waals surface area contributed by atoms with Crippen LogP contribution in [0.5, 0.6) is 5.75 Å². The van der Waals surface area contributed by atoms with E-state index in [0.29, 0.717) is 23.2 Å². The Morgan fingerprint density at radius 1 is 0.875 bits per heavy atom. The first-order valence-corrected chi connectivity index (χ1v) is 13.6. The second-order valence-electron chi connectivity index (χ2n) is 9.58. The normalized spacial score (nSPS) is 11.0. The van der Waals surface area contributed by atoms with E-state index in [1.165, 1.54) is 37.3 Å². The van der Waals surface area contributed by atoms with Crippen molar-refractivity contribution < 1.29 is 13.9 Å². The zero-order chi connectivity index (χ0) is 27.6. The quantitative estimate of drug-likeness (QED) is 0.172. The third kappa shape index (κ3) is 6.99. The number of hydrogen-bond donors (Lipinski definition) is 2. The Morgan fingerprint density at radius 3 is 2.42 bits per heavy atom. The highest BCUT2D eigenvalue weighted by molar-refractivity contribution is 6.08. The fourth-order valence-electron chi connectivity index (χ4n) is 4.52. The molecule has 0 aliphatic carbocycles. The Bertz CT molecular complexity index is 1580. The van der Waals surface area contributed by atoms with Gasteiger partial charge in [-0.2, -0.15) is 5.21 Å². The molecule has 0 bridgehead atoms. The molecular formula is C31H31N5O4. The first-order valence-electron chi connectivity index (χ1n) is 13.6. The predicted molar refractivity (Wildman–Crippen MR) is 153 cm³/mol. The van der Waals surface area contributed by atoms with Gasteiger partial charge in [0.15, 0.2) is 16.8 Å². The minimum Gasteiger partial charge on any atom is -0.494 e. The van der Waals surface area contributed by atoms with Crippen LogP contribution in [0.3, 0.4) is 0 Å². The first-order chi connectivity index (χ1) is 19.7. The average molecular weight is 538 g/mol. The second kappa shape index (κ2) is 13.3. The van der Waals surface area contributed by atoms with Gasteiger partial charge in [-0.3, -0.25) is 9.59 Å². The van der Waals surface area contributed by atoms with Crippen LogP contribution in [-0.2, 0) is 6.42 Å². The number of ether oxygens (including phenoxy) is 1. The summed E-state index contributed by atoms with van der Waals surface area (Å²) in [5, 5.41) is 16.7. The van der Waals surface area contributed by atoms with Crippen molar-refractivity contribution in [1.29, 1.82) is 0 Å². The van der Waals surface area contributed by atoms with E-state index in [0.717, 1.165) is 25.0 Å². The minimum atomic E-state index is -0.334. The highest BCUT2D eigenvalue weighted by Crippen LogP contribution is 2.26. The second-order valence-corrected chi connectivity index (χ2v) is 9.58. The summed E-state index contributed by atoms with van der Waals surface area (Å²) in [5.74, 6) is 0.686. The number of aryl methyl sites for hydroxylation is 1. The lowest BCUT2D eigenvalue weighted by molar-refractivity contribution is 0.102. The Kier molecular flexibility index (Phi) is 8.93. The Morgan fingerprint density at radius 2 is 1.65 bits per heavy atom. The van der Waals surface area contributed by atoms with E-state index in [1.807, 2.05) is 0 Å². The van der Waals surface area contributed by atoms with Crippen molar-refractivity contribution in [2.45, 2.75) is 44.9 Å². The molecule has 0 fully saturated rings. The molecule has 0 aliphatic heterocycles. The van der Waals surface area contributed by atoms with E-state index in [1.54, 1.807) is 42.5 Å². The van der Waals surface area contributed by atoms with E-state index in [2.05, 4.69) is 56.3 Å². The molecule has 9 nitrogen and oxygen atoms in total. The number of tetrazole rings is 1. The minimum absolute atomic E-state index is 0.148. The molecular weight excluding hydrogens is 506 g/mol. The van der Waals surface area contributed by atoms with Crippen LogP contribution in [0.4, 0.5) is 5.69 Å². The van der Waals surface area contributed by atoms with Crippen LogP contribution in [0.1, 0.15) is 54.4 Å². The number of hydrogen-bond acceptors (Lipinski definition) is 7. The number of carbonyl (C=O) groups excluding carboxylic acids is 1. The summed E-state index contributed by atoms with van der Waals surface area (Å²) in [4.78, 5) is 25.5. The number of benzene rings is 3. The number of anilines is 1. The molecule has 0 saturated carbocycles. The number of rotatable bonds is 13. The van der Waals surface area contributed by atoms with Gasteiger partial charge in [0.1, 0.15) is 5.75 Å². The molecule has 0 saturated heterocycles. The maximum atomic E-state index is 12.9. The molecule has 0 spiro atoms. The maximum absolute atomic E-state index is 12.9. The van der Waals surface area contributed by atoms with Crippen molar-refractivity contribution in [3.05, 3.63) is 100 Å². The molecule has 2 N–H and O–H groups in total. The van der Waals surface area contributed by atoms with Gasteiger partial charge in [-0.05, 0) is 66.4 Å². The lowest BCUT2D eigenvalue weighted by atomic mass is 10.1. The molecule has 0 aliphatic rings. The maximum Gasteiger partial charge on any atom is 0.255 e. The predicted octanol–water partition coefficient (Wildman–Crippen LogP) is 6.19. The van der Waals surface area contributed by atoms with Crippen molar-refractivity contribution >= 4 is 22.6 Å². The van der Waals surface area contributed by atoms with Crippen LogP contribution < -0.4 is 15.5 Å². The third-order valence-electron chi connectivity index (χ3n) is 6.66. The van der Waals surface area contributed by atoms with Gasteiger partial charge in [-0.25, -0.2) is 0 Å². The van der Waals surface area contributed by atoms with Gasteiger partial charge in [0.05, 0.1) is 17.7 Å². The first kappa shape index (κ1) is 26.8. The molecule has 2 aromatic heterocycles. The zero-order valence-corrected chi connectivity index (χ0v) is 22.1. The number of H-pyrrole nitrogens is 1. The topological polar surface area (TPSA) is 123 Å². The molecule has 0 atom stereocenters. The van der Waals surface area contributed by atoms with E-state index >= 15 is 0 Å². The molecule has 3 aromatic carbocycles. The summed E-state index contributed by atoms with van der Waals surface area (Å²) in [7, 11) is 0. The average Bonchev–Trinajstić information content (AvgIpc) is 3.53. The largest absolute Gasteiger partial charge is 0.494 e. The van der Waals surface area contributed by atoms with Gasteiger partial charge in [0.2, 0.25) is 5.82 Å². The number of carbonyl (C=O) groups is 1. The van der Waals surface area contributed by atoms with E-state index < -0.39 is 0 Å².